The van der Waals surface area contributed by atoms with Crippen LogP contribution in [0.15, 0.2) is 82.0 Å². The van der Waals surface area contributed by atoms with Crippen molar-refractivity contribution in [3.8, 4) is 23.0 Å². The van der Waals surface area contributed by atoms with E-state index in [-0.39, 0.29) is 29.2 Å². The molecule has 0 atom stereocenters. The fourth-order valence-electron chi connectivity index (χ4n) is 3.31. The number of para-hydroxylation sites is 2. The summed E-state index contributed by atoms with van der Waals surface area (Å²) in [6.07, 6.45) is -2.65. The number of hydrogen-bond donors (Lipinski definition) is 0. The van der Waals surface area contributed by atoms with Gasteiger partial charge >= 0.3 is 12.1 Å². The number of carbonyl (C=O) groups is 1. The minimum atomic E-state index is -5.08. The van der Waals surface area contributed by atoms with E-state index in [1.807, 2.05) is 0 Å². The highest BCUT2D eigenvalue weighted by Gasteiger charge is 2.40. The van der Waals surface area contributed by atoms with E-state index >= 15 is 0 Å². The molecule has 0 aliphatic heterocycles. The van der Waals surface area contributed by atoms with Gasteiger partial charge in [-0.2, -0.15) is 13.2 Å². The normalized spacial score (nSPS) is 11.6. The molecule has 0 spiro atoms. The van der Waals surface area contributed by atoms with Crippen molar-refractivity contribution in [2.45, 2.75) is 13.1 Å². The second kappa shape index (κ2) is 10.6. The van der Waals surface area contributed by atoms with Crippen LogP contribution in [0.2, 0.25) is 0 Å². The van der Waals surface area contributed by atoms with Crippen LogP contribution in [0.1, 0.15) is 18.2 Å². The van der Waals surface area contributed by atoms with Crippen LogP contribution in [0.3, 0.4) is 0 Å². The molecule has 4 aromatic rings. The van der Waals surface area contributed by atoms with Crippen LogP contribution in [-0.4, -0.2) is 12.6 Å². The van der Waals surface area contributed by atoms with E-state index in [1.165, 1.54) is 54.6 Å². The molecule has 0 saturated carbocycles. The highest BCUT2D eigenvalue weighted by atomic mass is 19.4. The lowest BCUT2D eigenvalue weighted by Gasteiger charge is -2.15. The highest BCUT2D eigenvalue weighted by molar-refractivity contribution is 5.89. The van der Waals surface area contributed by atoms with Gasteiger partial charge in [0.25, 0.3) is 5.76 Å². The van der Waals surface area contributed by atoms with Crippen molar-refractivity contribution in [2.24, 2.45) is 0 Å². The zero-order valence-corrected chi connectivity index (χ0v) is 19.2. The third-order valence-corrected chi connectivity index (χ3v) is 4.94. The van der Waals surface area contributed by atoms with Gasteiger partial charge in [-0.05, 0) is 55.0 Å². The predicted molar refractivity (Wildman–Crippen MR) is 126 cm³/mol. The van der Waals surface area contributed by atoms with Gasteiger partial charge in [-0.25, -0.2) is 9.18 Å². The summed E-state index contributed by atoms with van der Waals surface area (Å²) < 4.78 is 75.4. The lowest BCUT2D eigenvalue weighted by Crippen LogP contribution is -2.16. The second-order valence-electron chi connectivity index (χ2n) is 7.53. The summed E-state index contributed by atoms with van der Waals surface area (Å²) in [6, 6.07) is 14.6. The summed E-state index contributed by atoms with van der Waals surface area (Å²) in [5.41, 5.74) is -1.01. The zero-order valence-electron chi connectivity index (χ0n) is 19.2. The molecule has 0 radical (unpaired) electrons. The molecule has 0 aliphatic rings. The molecule has 0 bridgehead atoms. The Morgan fingerprint density at radius 3 is 2.38 bits per heavy atom. The summed E-state index contributed by atoms with van der Waals surface area (Å²) in [6.45, 7) is 1.91. The molecule has 1 aromatic heterocycles. The van der Waals surface area contributed by atoms with Gasteiger partial charge < -0.3 is 18.6 Å². The summed E-state index contributed by atoms with van der Waals surface area (Å²) in [5, 5.41) is -0.224. The Hall–Kier alpha value is -4.60. The molecule has 4 rings (SSSR count). The van der Waals surface area contributed by atoms with E-state index in [1.54, 1.807) is 13.0 Å². The number of benzene rings is 3. The van der Waals surface area contributed by atoms with Crippen molar-refractivity contribution < 1.29 is 41.0 Å². The Bertz CT molecular complexity index is 1520. The summed E-state index contributed by atoms with van der Waals surface area (Å²) in [4.78, 5) is 25.2. The van der Waals surface area contributed by atoms with E-state index in [9.17, 15) is 27.2 Å². The molecule has 0 aliphatic carbocycles. The Balaban J connectivity index is 1.67. The number of rotatable bonds is 7. The summed E-state index contributed by atoms with van der Waals surface area (Å²) in [7, 11) is 0. The molecule has 0 fully saturated rings. The number of ether oxygens (including phenoxy) is 3. The Morgan fingerprint density at radius 2 is 1.70 bits per heavy atom. The van der Waals surface area contributed by atoms with Gasteiger partial charge in [-0.15, -0.1) is 0 Å². The SMILES string of the molecule is CCOc1ccccc1Oc1c(C(F)(F)F)oc2cc(OC(=O)/C=C/c3ccc(F)cc3)ccc2c1=O. The van der Waals surface area contributed by atoms with Gasteiger partial charge in [0.1, 0.15) is 17.1 Å². The maximum Gasteiger partial charge on any atom is 0.453 e. The molecule has 3 aromatic carbocycles. The van der Waals surface area contributed by atoms with Gasteiger partial charge in [-0.3, -0.25) is 4.79 Å². The fraction of sp³-hybridized carbons (Fsp3) is 0.111. The van der Waals surface area contributed by atoms with Crippen molar-refractivity contribution in [3.63, 3.8) is 0 Å². The quantitative estimate of drug-likeness (QED) is 0.117. The van der Waals surface area contributed by atoms with Crippen LogP contribution in [-0.2, 0) is 11.0 Å². The average molecular weight is 514 g/mol. The fourth-order valence-corrected chi connectivity index (χ4v) is 3.31. The van der Waals surface area contributed by atoms with Crippen molar-refractivity contribution in [1.29, 1.82) is 0 Å². The van der Waals surface area contributed by atoms with Crippen molar-refractivity contribution in [3.05, 3.63) is 100 Å². The van der Waals surface area contributed by atoms with E-state index < -0.39 is 40.5 Å². The number of alkyl halides is 3. The lowest BCUT2D eigenvalue weighted by molar-refractivity contribution is -0.154. The average Bonchev–Trinajstić information content (AvgIpc) is 2.86. The number of carbonyl (C=O) groups excluding carboxylic acids is 1. The molecular formula is C27H18F4O6. The number of hydrogen-bond acceptors (Lipinski definition) is 6. The molecule has 0 saturated heterocycles. The first-order chi connectivity index (χ1) is 17.7. The standard InChI is InChI=1S/C27H18F4O6/c1-2-34-20-5-3-4-6-21(20)36-25-24(33)19-13-12-18(15-22(19)37-26(25)27(29,30)31)35-23(32)14-9-16-7-10-17(28)11-8-16/h3-15H,2H2,1H3/b14-9+. The maximum absolute atomic E-state index is 13.8. The van der Waals surface area contributed by atoms with Crippen molar-refractivity contribution in [1.82, 2.24) is 0 Å². The minimum absolute atomic E-state index is 0.0972. The first-order valence-electron chi connectivity index (χ1n) is 10.9. The minimum Gasteiger partial charge on any atom is -0.490 e. The number of fused-ring (bicyclic) bond motifs is 1. The molecular weight excluding hydrogens is 496 g/mol. The zero-order chi connectivity index (χ0) is 26.6. The molecule has 190 valence electrons. The topological polar surface area (TPSA) is 75.0 Å². The largest absolute Gasteiger partial charge is 0.490 e. The van der Waals surface area contributed by atoms with Gasteiger partial charge in [0, 0.05) is 12.1 Å². The third-order valence-electron chi connectivity index (χ3n) is 4.94. The van der Waals surface area contributed by atoms with E-state index in [2.05, 4.69) is 0 Å². The second-order valence-corrected chi connectivity index (χ2v) is 7.53. The maximum atomic E-state index is 13.8. The first kappa shape index (κ1) is 25.5. The van der Waals surface area contributed by atoms with E-state index in [4.69, 9.17) is 18.6 Å². The van der Waals surface area contributed by atoms with Crippen molar-refractivity contribution >= 4 is 23.0 Å². The van der Waals surface area contributed by atoms with Gasteiger partial charge in [-0.1, -0.05) is 24.3 Å². The Kier molecular flexibility index (Phi) is 7.28. The Morgan fingerprint density at radius 1 is 1.00 bits per heavy atom. The number of halogens is 4. The van der Waals surface area contributed by atoms with Crippen LogP contribution in [0.4, 0.5) is 17.6 Å². The predicted octanol–water partition coefficient (Wildman–Crippen LogP) is 6.76. The van der Waals surface area contributed by atoms with E-state index in [0.29, 0.717) is 5.56 Å². The van der Waals surface area contributed by atoms with Gasteiger partial charge in [0.05, 0.1) is 12.0 Å². The van der Waals surface area contributed by atoms with Crippen LogP contribution in [0, 0.1) is 5.82 Å². The molecule has 0 amide bonds. The highest BCUT2D eigenvalue weighted by Crippen LogP contribution is 2.40. The molecule has 0 unspecified atom stereocenters. The summed E-state index contributed by atoms with van der Waals surface area (Å²) >= 11 is 0. The molecule has 37 heavy (non-hydrogen) atoms. The van der Waals surface area contributed by atoms with Crippen LogP contribution in [0.5, 0.6) is 23.0 Å². The monoisotopic (exact) mass is 514 g/mol. The van der Waals surface area contributed by atoms with Crippen LogP contribution in [0.25, 0.3) is 17.0 Å². The third kappa shape index (κ3) is 5.97. The molecule has 10 heteroatoms. The van der Waals surface area contributed by atoms with Crippen LogP contribution < -0.4 is 19.6 Å². The summed E-state index contributed by atoms with van der Waals surface area (Å²) in [5.74, 6) is -4.12. The van der Waals surface area contributed by atoms with Crippen LogP contribution >= 0.6 is 0 Å². The van der Waals surface area contributed by atoms with E-state index in [0.717, 1.165) is 18.2 Å². The molecule has 6 nitrogen and oxygen atoms in total. The first-order valence-corrected chi connectivity index (χ1v) is 10.9. The number of esters is 1. The van der Waals surface area contributed by atoms with Gasteiger partial charge in [0.2, 0.25) is 11.2 Å². The molecule has 0 N–H and O–H groups in total. The molecule has 1 heterocycles. The smallest absolute Gasteiger partial charge is 0.453 e. The van der Waals surface area contributed by atoms with Gasteiger partial charge in [0.15, 0.2) is 11.5 Å². The Labute approximate surface area is 207 Å². The lowest BCUT2D eigenvalue weighted by atomic mass is 10.2. The van der Waals surface area contributed by atoms with Crippen molar-refractivity contribution in [2.75, 3.05) is 6.61 Å².